The lowest BCUT2D eigenvalue weighted by molar-refractivity contribution is 0.0782. The topological polar surface area (TPSA) is 49.8 Å². The predicted octanol–water partition coefficient (Wildman–Crippen LogP) is 2.13. The van der Waals surface area contributed by atoms with E-state index in [1.54, 1.807) is 17.0 Å². The molecule has 1 aliphatic heterocycles. The molecule has 0 spiro atoms. The highest BCUT2D eigenvalue weighted by atomic mass is 16.5. The van der Waals surface area contributed by atoms with Gasteiger partial charge in [0, 0.05) is 19.2 Å². The van der Waals surface area contributed by atoms with Crippen molar-refractivity contribution in [3.8, 4) is 11.5 Å². The minimum atomic E-state index is -0.105. The van der Waals surface area contributed by atoms with Crippen LogP contribution in [0.15, 0.2) is 18.2 Å². The van der Waals surface area contributed by atoms with E-state index in [9.17, 15) is 9.90 Å². The number of phenols is 1. The zero-order valence-corrected chi connectivity index (χ0v) is 11.0. The van der Waals surface area contributed by atoms with Crippen LogP contribution in [0.1, 0.15) is 24.2 Å². The highest BCUT2D eigenvalue weighted by molar-refractivity contribution is 5.97. The molecule has 1 aromatic carbocycles. The summed E-state index contributed by atoms with van der Waals surface area (Å²) in [4.78, 5) is 14.1. The zero-order chi connectivity index (χ0) is 13.3. The molecule has 4 nitrogen and oxygen atoms in total. The molecule has 0 aliphatic carbocycles. The number of amides is 1. The Morgan fingerprint density at radius 1 is 1.33 bits per heavy atom. The van der Waals surface area contributed by atoms with Crippen molar-refractivity contribution in [2.45, 2.75) is 13.8 Å². The Hall–Kier alpha value is -1.71. The standard InChI is InChI=1S/C14H19NO3/c1-9-7-15(8-10(9)2)14(17)12-5-4-11(18-3)6-13(12)16/h4-6,9-10,16H,7-8H2,1-3H3. The third-order valence-electron chi connectivity index (χ3n) is 3.71. The highest BCUT2D eigenvalue weighted by Gasteiger charge is 2.30. The molecule has 1 saturated heterocycles. The number of benzene rings is 1. The average molecular weight is 249 g/mol. The SMILES string of the molecule is COc1ccc(C(=O)N2CC(C)C(C)C2)c(O)c1. The molecule has 0 bridgehead atoms. The van der Waals surface area contributed by atoms with Crippen LogP contribution in [0.5, 0.6) is 11.5 Å². The van der Waals surface area contributed by atoms with Gasteiger partial charge in [-0.2, -0.15) is 0 Å². The van der Waals surface area contributed by atoms with Crippen LogP contribution in [-0.2, 0) is 0 Å². The second-order valence-electron chi connectivity index (χ2n) is 5.05. The summed E-state index contributed by atoms with van der Waals surface area (Å²) in [6.07, 6.45) is 0. The van der Waals surface area contributed by atoms with Gasteiger partial charge in [-0.25, -0.2) is 0 Å². The Labute approximate surface area is 107 Å². The van der Waals surface area contributed by atoms with Crippen LogP contribution in [0.3, 0.4) is 0 Å². The van der Waals surface area contributed by atoms with Gasteiger partial charge in [-0.1, -0.05) is 13.8 Å². The molecule has 0 aromatic heterocycles. The Morgan fingerprint density at radius 3 is 2.44 bits per heavy atom. The number of aromatic hydroxyl groups is 1. The summed E-state index contributed by atoms with van der Waals surface area (Å²) in [7, 11) is 1.53. The Balaban J connectivity index is 2.19. The van der Waals surface area contributed by atoms with E-state index in [0.29, 0.717) is 23.1 Å². The van der Waals surface area contributed by atoms with Crippen molar-refractivity contribution in [2.24, 2.45) is 11.8 Å². The van der Waals surface area contributed by atoms with E-state index >= 15 is 0 Å². The quantitative estimate of drug-likeness (QED) is 0.873. The fraction of sp³-hybridized carbons (Fsp3) is 0.500. The third-order valence-corrected chi connectivity index (χ3v) is 3.71. The summed E-state index contributed by atoms with van der Waals surface area (Å²) in [5, 5.41) is 9.86. The maximum Gasteiger partial charge on any atom is 0.257 e. The van der Waals surface area contributed by atoms with Gasteiger partial charge in [0.25, 0.3) is 5.91 Å². The molecule has 98 valence electrons. The van der Waals surface area contributed by atoms with Gasteiger partial charge < -0.3 is 14.7 Å². The minimum Gasteiger partial charge on any atom is -0.507 e. The summed E-state index contributed by atoms with van der Waals surface area (Å²) in [6, 6.07) is 4.77. The molecule has 1 amide bonds. The lowest BCUT2D eigenvalue weighted by Crippen LogP contribution is -2.28. The summed E-state index contributed by atoms with van der Waals surface area (Å²) in [5.74, 6) is 1.44. The first kappa shape index (κ1) is 12.7. The summed E-state index contributed by atoms with van der Waals surface area (Å²) in [5.41, 5.74) is 0.345. The molecule has 0 radical (unpaired) electrons. The number of rotatable bonds is 2. The summed E-state index contributed by atoms with van der Waals surface area (Å²) >= 11 is 0. The molecule has 2 unspecified atom stereocenters. The van der Waals surface area contributed by atoms with E-state index in [4.69, 9.17) is 4.74 Å². The summed E-state index contributed by atoms with van der Waals surface area (Å²) in [6.45, 7) is 5.80. The second-order valence-corrected chi connectivity index (χ2v) is 5.05. The average Bonchev–Trinajstić information content (AvgIpc) is 2.68. The van der Waals surface area contributed by atoms with Gasteiger partial charge in [-0.3, -0.25) is 4.79 Å². The zero-order valence-electron chi connectivity index (χ0n) is 11.0. The van der Waals surface area contributed by atoms with Crippen LogP contribution in [0.4, 0.5) is 0 Å². The molecule has 0 saturated carbocycles. The van der Waals surface area contributed by atoms with Crippen LogP contribution >= 0.6 is 0 Å². The van der Waals surface area contributed by atoms with Crippen molar-refractivity contribution < 1.29 is 14.6 Å². The number of hydrogen-bond donors (Lipinski definition) is 1. The van der Waals surface area contributed by atoms with Crippen LogP contribution in [0.25, 0.3) is 0 Å². The first-order chi connectivity index (χ1) is 8.52. The van der Waals surface area contributed by atoms with Gasteiger partial charge >= 0.3 is 0 Å². The summed E-state index contributed by atoms with van der Waals surface area (Å²) < 4.78 is 5.00. The second kappa shape index (κ2) is 4.88. The lowest BCUT2D eigenvalue weighted by atomic mass is 10.0. The molecule has 1 N–H and O–H groups in total. The maximum absolute atomic E-state index is 12.3. The molecule has 1 aromatic rings. The van der Waals surface area contributed by atoms with Crippen molar-refractivity contribution in [3.05, 3.63) is 23.8 Å². The van der Waals surface area contributed by atoms with Gasteiger partial charge in [0.2, 0.25) is 0 Å². The van der Waals surface area contributed by atoms with Gasteiger partial charge in [-0.05, 0) is 24.0 Å². The van der Waals surface area contributed by atoms with Crippen molar-refractivity contribution in [1.29, 1.82) is 0 Å². The Morgan fingerprint density at radius 2 is 1.94 bits per heavy atom. The number of nitrogens with zero attached hydrogens (tertiary/aromatic N) is 1. The van der Waals surface area contributed by atoms with Crippen LogP contribution in [0, 0.1) is 11.8 Å². The van der Waals surface area contributed by atoms with Crippen LogP contribution in [0.2, 0.25) is 0 Å². The largest absolute Gasteiger partial charge is 0.507 e. The fourth-order valence-electron chi connectivity index (χ4n) is 2.29. The normalized spacial score (nSPS) is 23.2. The molecule has 18 heavy (non-hydrogen) atoms. The van der Waals surface area contributed by atoms with E-state index in [-0.39, 0.29) is 11.7 Å². The Kier molecular flexibility index (Phi) is 3.45. The first-order valence-corrected chi connectivity index (χ1v) is 6.19. The van der Waals surface area contributed by atoms with Gasteiger partial charge in [0.15, 0.2) is 0 Å². The van der Waals surface area contributed by atoms with Gasteiger partial charge in [0.05, 0.1) is 12.7 Å². The Bertz CT molecular complexity index is 448. The van der Waals surface area contributed by atoms with Crippen molar-refractivity contribution in [3.63, 3.8) is 0 Å². The smallest absolute Gasteiger partial charge is 0.257 e. The van der Waals surface area contributed by atoms with Crippen molar-refractivity contribution in [2.75, 3.05) is 20.2 Å². The molecule has 1 fully saturated rings. The van der Waals surface area contributed by atoms with E-state index < -0.39 is 0 Å². The molecule has 2 rings (SSSR count). The van der Waals surface area contributed by atoms with Crippen molar-refractivity contribution >= 4 is 5.91 Å². The number of likely N-dealkylation sites (tertiary alicyclic amines) is 1. The highest BCUT2D eigenvalue weighted by Crippen LogP contribution is 2.28. The van der Waals surface area contributed by atoms with Crippen molar-refractivity contribution in [1.82, 2.24) is 4.90 Å². The third kappa shape index (κ3) is 2.28. The number of carbonyl (C=O) groups excluding carboxylic acids is 1. The molecule has 2 atom stereocenters. The first-order valence-electron chi connectivity index (χ1n) is 6.19. The number of phenolic OH excluding ortho intramolecular Hbond substituents is 1. The number of carbonyl (C=O) groups is 1. The van der Waals surface area contributed by atoms with Gasteiger partial charge in [0.1, 0.15) is 11.5 Å². The molecule has 4 heteroatoms. The molecular weight excluding hydrogens is 230 g/mol. The van der Waals surface area contributed by atoms with Crippen LogP contribution < -0.4 is 4.74 Å². The number of methoxy groups -OCH3 is 1. The monoisotopic (exact) mass is 249 g/mol. The van der Waals surface area contributed by atoms with E-state index in [1.807, 2.05) is 0 Å². The molecular formula is C14H19NO3. The van der Waals surface area contributed by atoms with E-state index in [1.165, 1.54) is 13.2 Å². The number of hydrogen-bond acceptors (Lipinski definition) is 3. The predicted molar refractivity (Wildman–Crippen MR) is 68.9 cm³/mol. The fourth-order valence-corrected chi connectivity index (χ4v) is 2.29. The maximum atomic E-state index is 12.3. The molecule has 1 aliphatic rings. The number of ether oxygens (including phenoxy) is 1. The van der Waals surface area contributed by atoms with E-state index in [2.05, 4.69) is 13.8 Å². The van der Waals surface area contributed by atoms with Gasteiger partial charge in [-0.15, -0.1) is 0 Å². The lowest BCUT2D eigenvalue weighted by Gasteiger charge is -2.17. The molecule has 1 heterocycles. The van der Waals surface area contributed by atoms with Crippen LogP contribution in [-0.4, -0.2) is 36.1 Å². The van der Waals surface area contributed by atoms with E-state index in [0.717, 1.165) is 13.1 Å². The minimum absolute atomic E-state index is 0.0217.